The molecule has 3 rings (SSSR count). The highest BCUT2D eigenvalue weighted by Gasteiger charge is 2.19. The molecule has 1 aromatic heterocycles. The van der Waals surface area contributed by atoms with E-state index in [0.29, 0.717) is 5.56 Å². The van der Waals surface area contributed by atoms with Gasteiger partial charge in [-0.05, 0) is 48.5 Å². The Bertz CT molecular complexity index is 863. The molecule has 0 unspecified atom stereocenters. The third-order valence-corrected chi connectivity index (χ3v) is 3.39. The molecule has 0 aliphatic heterocycles. The minimum atomic E-state index is -0.800. The number of hydrogen-bond donors (Lipinski definition) is 1. The monoisotopic (exact) mass is 329 g/mol. The lowest BCUT2D eigenvalue weighted by molar-refractivity contribution is -0.119. The van der Waals surface area contributed by atoms with Crippen molar-refractivity contribution in [2.24, 2.45) is 0 Å². The first-order valence-corrected chi connectivity index (χ1v) is 7.15. The van der Waals surface area contributed by atoms with Gasteiger partial charge in [0.25, 0.3) is 5.91 Å². The summed E-state index contributed by atoms with van der Waals surface area (Å²) in [6, 6.07) is 10.6. The molecule has 0 spiro atoms. The summed E-state index contributed by atoms with van der Waals surface area (Å²) >= 11 is 0. The van der Waals surface area contributed by atoms with Crippen LogP contribution in [0.1, 0.15) is 13.0 Å². The number of rotatable bonds is 4. The molecule has 0 aliphatic rings. The van der Waals surface area contributed by atoms with Gasteiger partial charge in [0.15, 0.2) is 0 Å². The molecule has 122 valence electrons. The van der Waals surface area contributed by atoms with E-state index in [0.717, 1.165) is 4.80 Å². The zero-order valence-electron chi connectivity index (χ0n) is 12.6. The van der Waals surface area contributed by atoms with Crippen LogP contribution in [-0.2, 0) is 4.79 Å². The van der Waals surface area contributed by atoms with Crippen LogP contribution in [0.3, 0.4) is 0 Å². The standard InChI is InChI=1S/C16H13F2N5O/c1-10(16(24)19-14-5-3-2-4-13(14)18)23-21-15(20-22-23)11-6-8-12(17)9-7-11/h2-10H,1H3,(H,19,24)/t10-/m0/s1. The van der Waals surface area contributed by atoms with Crippen molar-refractivity contribution in [3.05, 3.63) is 60.2 Å². The van der Waals surface area contributed by atoms with Gasteiger partial charge in [0.2, 0.25) is 5.82 Å². The van der Waals surface area contributed by atoms with E-state index in [1.807, 2.05) is 0 Å². The second kappa shape index (κ2) is 6.53. The van der Waals surface area contributed by atoms with Crippen molar-refractivity contribution < 1.29 is 13.6 Å². The van der Waals surface area contributed by atoms with Crippen LogP contribution in [0.25, 0.3) is 11.4 Å². The van der Waals surface area contributed by atoms with Gasteiger partial charge in [-0.2, -0.15) is 4.80 Å². The Kier molecular flexibility index (Phi) is 4.28. The van der Waals surface area contributed by atoms with Gasteiger partial charge in [-0.25, -0.2) is 8.78 Å². The SMILES string of the molecule is C[C@@H](C(=O)Nc1ccccc1F)n1nnc(-c2ccc(F)cc2)n1. The Morgan fingerprint density at radius 2 is 1.83 bits per heavy atom. The number of carbonyl (C=O) groups is 1. The minimum Gasteiger partial charge on any atom is -0.322 e. The Morgan fingerprint density at radius 3 is 2.54 bits per heavy atom. The lowest BCUT2D eigenvalue weighted by Gasteiger charge is -2.11. The van der Waals surface area contributed by atoms with Crippen molar-refractivity contribution in [3.8, 4) is 11.4 Å². The predicted molar refractivity (Wildman–Crippen MR) is 83.0 cm³/mol. The number of tetrazole rings is 1. The normalized spacial score (nSPS) is 12.0. The van der Waals surface area contributed by atoms with Gasteiger partial charge in [0, 0.05) is 5.56 Å². The Hall–Kier alpha value is -3.16. The largest absolute Gasteiger partial charge is 0.322 e. The zero-order chi connectivity index (χ0) is 17.1. The average molecular weight is 329 g/mol. The van der Waals surface area contributed by atoms with E-state index < -0.39 is 17.8 Å². The van der Waals surface area contributed by atoms with Gasteiger partial charge in [-0.15, -0.1) is 10.2 Å². The summed E-state index contributed by atoms with van der Waals surface area (Å²) in [6.07, 6.45) is 0. The maximum Gasteiger partial charge on any atom is 0.250 e. The maximum absolute atomic E-state index is 13.6. The number of benzene rings is 2. The van der Waals surface area contributed by atoms with Crippen molar-refractivity contribution >= 4 is 11.6 Å². The Balaban J connectivity index is 1.75. The predicted octanol–water partition coefficient (Wildman–Crippen LogP) is 2.82. The van der Waals surface area contributed by atoms with Crippen LogP contribution in [0.15, 0.2) is 48.5 Å². The number of amides is 1. The summed E-state index contributed by atoms with van der Waals surface area (Å²) < 4.78 is 26.5. The number of nitrogens with one attached hydrogen (secondary N) is 1. The van der Waals surface area contributed by atoms with Crippen molar-refractivity contribution in [3.63, 3.8) is 0 Å². The molecule has 1 N–H and O–H groups in total. The number of carbonyl (C=O) groups excluding carboxylic acids is 1. The Morgan fingerprint density at radius 1 is 1.12 bits per heavy atom. The molecule has 6 nitrogen and oxygen atoms in total. The maximum atomic E-state index is 13.6. The molecule has 0 aliphatic carbocycles. The third kappa shape index (κ3) is 3.27. The summed E-state index contributed by atoms with van der Waals surface area (Å²) in [4.78, 5) is 13.3. The molecule has 0 fully saturated rings. The van der Waals surface area contributed by atoms with Crippen LogP contribution in [0.2, 0.25) is 0 Å². The third-order valence-electron chi connectivity index (χ3n) is 3.39. The van der Waals surface area contributed by atoms with Crippen LogP contribution in [-0.4, -0.2) is 26.1 Å². The first kappa shape index (κ1) is 15.7. The quantitative estimate of drug-likeness (QED) is 0.799. The summed E-state index contributed by atoms with van der Waals surface area (Å²) in [6.45, 7) is 1.56. The van der Waals surface area contributed by atoms with Crippen LogP contribution in [0.5, 0.6) is 0 Å². The summed E-state index contributed by atoms with van der Waals surface area (Å²) in [7, 11) is 0. The molecule has 0 bridgehead atoms. The highest BCUT2D eigenvalue weighted by Crippen LogP contribution is 2.17. The molecule has 1 atom stereocenters. The van der Waals surface area contributed by atoms with Crippen LogP contribution < -0.4 is 5.32 Å². The first-order chi connectivity index (χ1) is 11.5. The number of nitrogens with zero attached hydrogens (tertiary/aromatic N) is 4. The topological polar surface area (TPSA) is 72.7 Å². The molecular weight excluding hydrogens is 316 g/mol. The molecule has 1 amide bonds. The second-order valence-corrected chi connectivity index (χ2v) is 5.09. The fourth-order valence-electron chi connectivity index (χ4n) is 2.01. The minimum absolute atomic E-state index is 0.0771. The zero-order valence-corrected chi connectivity index (χ0v) is 12.6. The molecule has 24 heavy (non-hydrogen) atoms. The number of aromatic nitrogens is 4. The molecule has 0 radical (unpaired) electrons. The molecular formula is C16H13F2N5O. The van der Waals surface area contributed by atoms with E-state index in [2.05, 4.69) is 20.7 Å². The molecule has 0 saturated carbocycles. The lowest BCUT2D eigenvalue weighted by Crippen LogP contribution is -2.25. The van der Waals surface area contributed by atoms with Crippen LogP contribution in [0.4, 0.5) is 14.5 Å². The van der Waals surface area contributed by atoms with Gasteiger partial charge in [-0.3, -0.25) is 4.79 Å². The van der Waals surface area contributed by atoms with Crippen molar-refractivity contribution in [1.29, 1.82) is 0 Å². The van der Waals surface area contributed by atoms with Gasteiger partial charge < -0.3 is 5.32 Å². The highest BCUT2D eigenvalue weighted by atomic mass is 19.1. The van der Waals surface area contributed by atoms with E-state index in [9.17, 15) is 13.6 Å². The van der Waals surface area contributed by atoms with E-state index in [4.69, 9.17) is 0 Å². The average Bonchev–Trinajstić information content (AvgIpc) is 3.07. The van der Waals surface area contributed by atoms with Gasteiger partial charge in [0.1, 0.15) is 17.7 Å². The van der Waals surface area contributed by atoms with Crippen LogP contribution >= 0.6 is 0 Å². The lowest BCUT2D eigenvalue weighted by atomic mass is 10.2. The second-order valence-electron chi connectivity index (χ2n) is 5.09. The number of anilines is 1. The molecule has 2 aromatic carbocycles. The summed E-state index contributed by atoms with van der Waals surface area (Å²) in [5, 5.41) is 14.3. The number of halogens is 2. The van der Waals surface area contributed by atoms with Gasteiger partial charge in [-0.1, -0.05) is 12.1 Å². The van der Waals surface area contributed by atoms with Crippen LogP contribution in [0, 0.1) is 11.6 Å². The van der Waals surface area contributed by atoms with E-state index >= 15 is 0 Å². The molecule has 1 heterocycles. The number of para-hydroxylation sites is 1. The van der Waals surface area contributed by atoms with Crippen molar-refractivity contribution in [2.75, 3.05) is 5.32 Å². The molecule has 8 heteroatoms. The summed E-state index contributed by atoms with van der Waals surface area (Å²) in [5.41, 5.74) is 0.651. The Labute approximate surface area is 136 Å². The van der Waals surface area contributed by atoms with Crippen molar-refractivity contribution in [2.45, 2.75) is 13.0 Å². The van der Waals surface area contributed by atoms with Gasteiger partial charge >= 0.3 is 0 Å². The molecule has 3 aromatic rings. The fourth-order valence-corrected chi connectivity index (χ4v) is 2.01. The fraction of sp³-hybridized carbons (Fsp3) is 0.125. The smallest absolute Gasteiger partial charge is 0.250 e. The van der Waals surface area contributed by atoms with Crippen molar-refractivity contribution in [1.82, 2.24) is 20.2 Å². The highest BCUT2D eigenvalue weighted by molar-refractivity contribution is 5.93. The van der Waals surface area contributed by atoms with E-state index in [1.54, 1.807) is 13.0 Å². The summed E-state index contributed by atoms with van der Waals surface area (Å²) in [5.74, 6) is -1.12. The first-order valence-electron chi connectivity index (χ1n) is 7.15. The van der Waals surface area contributed by atoms with E-state index in [1.165, 1.54) is 42.5 Å². The van der Waals surface area contributed by atoms with Gasteiger partial charge in [0.05, 0.1) is 5.69 Å². The number of hydrogen-bond acceptors (Lipinski definition) is 4. The van der Waals surface area contributed by atoms with E-state index in [-0.39, 0.29) is 17.3 Å². The molecule has 0 saturated heterocycles.